The third-order valence-electron chi connectivity index (χ3n) is 3.48. The van der Waals surface area contributed by atoms with Crippen LogP contribution in [0.3, 0.4) is 0 Å². The lowest BCUT2D eigenvalue weighted by Gasteiger charge is -2.08. The second-order valence-corrected chi connectivity index (χ2v) is 6.26. The predicted octanol–water partition coefficient (Wildman–Crippen LogP) is 3.79. The molecule has 0 fully saturated rings. The van der Waals surface area contributed by atoms with E-state index < -0.39 is 22.5 Å². The number of carbonyl (C=O) groups is 1. The fraction of sp³-hybridized carbons (Fsp3) is 0.0588. The Balaban J connectivity index is 1.66. The van der Waals surface area contributed by atoms with Gasteiger partial charge in [0.05, 0.1) is 16.4 Å². The SMILES string of the molecule is O=C(CSc1nccn1-c1ccc([N+](=O)[O-])cc1)Nc1ccc(F)cc1F. The van der Waals surface area contributed by atoms with Gasteiger partial charge in [0.2, 0.25) is 5.91 Å². The standard InChI is InChI=1S/C17H12F2N4O3S/c18-11-1-6-15(14(19)9-11)21-16(24)10-27-17-20-7-8-22(17)12-2-4-13(5-3-12)23(25)26/h1-9H,10H2,(H,21,24). The first-order chi connectivity index (χ1) is 12.9. The van der Waals surface area contributed by atoms with Gasteiger partial charge in [-0.05, 0) is 24.3 Å². The van der Waals surface area contributed by atoms with Crippen LogP contribution in [-0.4, -0.2) is 26.1 Å². The minimum Gasteiger partial charge on any atom is -0.323 e. The van der Waals surface area contributed by atoms with E-state index in [0.29, 0.717) is 16.9 Å². The molecule has 0 spiro atoms. The van der Waals surface area contributed by atoms with E-state index in [1.54, 1.807) is 22.9 Å². The summed E-state index contributed by atoms with van der Waals surface area (Å²) in [6, 6.07) is 8.75. The van der Waals surface area contributed by atoms with Gasteiger partial charge >= 0.3 is 0 Å². The summed E-state index contributed by atoms with van der Waals surface area (Å²) < 4.78 is 28.1. The predicted molar refractivity (Wildman–Crippen MR) is 95.9 cm³/mol. The third kappa shape index (κ3) is 4.47. The summed E-state index contributed by atoms with van der Waals surface area (Å²) in [4.78, 5) is 26.4. The van der Waals surface area contributed by atoms with Crippen LogP contribution in [0.25, 0.3) is 5.69 Å². The smallest absolute Gasteiger partial charge is 0.269 e. The molecular weight excluding hydrogens is 378 g/mol. The van der Waals surface area contributed by atoms with Crippen molar-refractivity contribution in [3.8, 4) is 5.69 Å². The van der Waals surface area contributed by atoms with Crippen LogP contribution in [0.4, 0.5) is 20.2 Å². The van der Waals surface area contributed by atoms with Gasteiger partial charge in [0.25, 0.3) is 5.69 Å². The number of nitro benzene ring substituents is 1. The van der Waals surface area contributed by atoms with Crippen molar-refractivity contribution in [2.24, 2.45) is 0 Å². The van der Waals surface area contributed by atoms with Gasteiger partial charge in [0.1, 0.15) is 11.6 Å². The van der Waals surface area contributed by atoms with E-state index in [0.717, 1.165) is 23.9 Å². The Morgan fingerprint density at radius 2 is 1.96 bits per heavy atom. The first-order valence-electron chi connectivity index (χ1n) is 7.60. The second kappa shape index (κ2) is 7.96. The Hall–Kier alpha value is -3.27. The molecule has 3 rings (SSSR count). The first kappa shape index (κ1) is 18.5. The summed E-state index contributed by atoms with van der Waals surface area (Å²) in [5.41, 5.74) is 0.500. The number of amides is 1. The molecule has 138 valence electrons. The van der Waals surface area contributed by atoms with Crippen LogP contribution in [-0.2, 0) is 4.79 Å². The molecule has 1 amide bonds. The van der Waals surface area contributed by atoms with Crippen molar-refractivity contribution in [3.63, 3.8) is 0 Å². The molecule has 0 atom stereocenters. The van der Waals surface area contributed by atoms with Crippen LogP contribution in [0, 0.1) is 21.7 Å². The number of nitrogens with one attached hydrogen (secondary N) is 1. The lowest BCUT2D eigenvalue weighted by Crippen LogP contribution is -2.15. The molecule has 0 aliphatic rings. The molecule has 3 aromatic rings. The lowest BCUT2D eigenvalue weighted by atomic mass is 10.3. The van der Waals surface area contributed by atoms with Crippen molar-refractivity contribution in [2.45, 2.75) is 5.16 Å². The van der Waals surface area contributed by atoms with Crippen molar-refractivity contribution in [2.75, 3.05) is 11.1 Å². The van der Waals surface area contributed by atoms with Crippen LogP contribution in [0.15, 0.2) is 60.0 Å². The topological polar surface area (TPSA) is 90.1 Å². The number of nitro groups is 1. The van der Waals surface area contributed by atoms with E-state index in [2.05, 4.69) is 10.3 Å². The number of hydrogen-bond donors (Lipinski definition) is 1. The maximum absolute atomic E-state index is 13.6. The van der Waals surface area contributed by atoms with Crippen molar-refractivity contribution in [1.82, 2.24) is 9.55 Å². The summed E-state index contributed by atoms with van der Waals surface area (Å²) in [5, 5.41) is 13.6. The fourth-order valence-electron chi connectivity index (χ4n) is 2.24. The van der Waals surface area contributed by atoms with E-state index in [1.165, 1.54) is 18.3 Å². The number of thioether (sulfide) groups is 1. The Morgan fingerprint density at radius 3 is 2.63 bits per heavy atom. The van der Waals surface area contributed by atoms with Crippen molar-refractivity contribution in [1.29, 1.82) is 0 Å². The molecule has 0 aliphatic heterocycles. The molecule has 0 bridgehead atoms. The number of halogens is 2. The zero-order valence-corrected chi connectivity index (χ0v) is 14.5. The minimum absolute atomic E-state index is 0.0335. The highest BCUT2D eigenvalue weighted by atomic mass is 32.2. The molecule has 0 unspecified atom stereocenters. The highest BCUT2D eigenvalue weighted by Gasteiger charge is 2.12. The molecule has 10 heteroatoms. The maximum Gasteiger partial charge on any atom is 0.269 e. The largest absolute Gasteiger partial charge is 0.323 e. The Kier molecular flexibility index (Phi) is 5.46. The van der Waals surface area contributed by atoms with E-state index in [9.17, 15) is 23.7 Å². The quantitative estimate of drug-likeness (QED) is 0.393. The first-order valence-corrected chi connectivity index (χ1v) is 8.58. The van der Waals surface area contributed by atoms with Gasteiger partial charge < -0.3 is 5.32 Å². The summed E-state index contributed by atoms with van der Waals surface area (Å²) >= 11 is 1.10. The van der Waals surface area contributed by atoms with Gasteiger partial charge in [0, 0.05) is 36.3 Å². The van der Waals surface area contributed by atoms with Gasteiger partial charge in [-0.3, -0.25) is 19.5 Å². The van der Waals surface area contributed by atoms with Gasteiger partial charge in [0.15, 0.2) is 5.16 Å². The number of aromatic nitrogens is 2. The number of carbonyl (C=O) groups excluding carboxylic acids is 1. The van der Waals surface area contributed by atoms with Crippen molar-refractivity contribution >= 4 is 29.0 Å². The van der Waals surface area contributed by atoms with Crippen LogP contribution in [0.2, 0.25) is 0 Å². The number of nitrogens with zero attached hydrogens (tertiary/aromatic N) is 3. The molecule has 1 N–H and O–H groups in total. The van der Waals surface area contributed by atoms with E-state index in [-0.39, 0.29) is 17.1 Å². The molecule has 7 nitrogen and oxygen atoms in total. The molecule has 0 radical (unpaired) electrons. The van der Waals surface area contributed by atoms with Gasteiger partial charge in [-0.15, -0.1) is 0 Å². The summed E-state index contributed by atoms with van der Waals surface area (Å²) in [7, 11) is 0. The third-order valence-corrected chi connectivity index (χ3v) is 4.45. The number of anilines is 1. The Bertz CT molecular complexity index is 992. The summed E-state index contributed by atoms with van der Waals surface area (Å²) in [5.74, 6) is -2.13. The second-order valence-electron chi connectivity index (χ2n) is 5.31. The van der Waals surface area contributed by atoms with Crippen LogP contribution >= 0.6 is 11.8 Å². The Morgan fingerprint density at radius 1 is 1.22 bits per heavy atom. The highest BCUT2D eigenvalue weighted by molar-refractivity contribution is 7.99. The van der Waals surface area contributed by atoms with E-state index in [4.69, 9.17) is 0 Å². The number of hydrogen-bond acceptors (Lipinski definition) is 5. The van der Waals surface area contributed by atoms with Gasteiger partial charge in [-0.2, -0.15) is 0 Å². The zero-order chi connectivity index (χ0) is 19.4. The van der Waals surface area contributed by atoms with E-state index in [1.807, 2.05) is 0 Å². The fourth-order valence-corrected chi connectivity index (χ4v) is 3.01. The van der Waals surface area contributed by atoms with Crippen LogP contribution in [0.5, 0.6) is 0 Å². The molecule has 0 saturated heterocycles. The molecular formula is C17H12F2N4O3S. The number of imidazole rings is 1. The normalized spacial score (nSPS) is 10.6. The summed E-state index contributed by atoms with van der Waals surface area (Å²) in [6.45, 7) is 0. The van der Waals surface area contributed by atoms with Crippen molar-refractivity contribution in [3.05, 3.63) is 76.6 Å². The summed E-state index contributed by atoms with van der Waals surface area (Å²) in [6.07, 6.45) is 3.18. The highest BCUT2D eigenvalue weighted by Crippen LogP contribution is 2.23. The van der Waals surface area contributed by atoms with E-state index >= 15 is 0 Å². The number of rotatable bonds is 6. The van der Waals surface area contributed by atoms with Crippen LogP contribution in [0.1, 0.15) is 0 Å². The zero-order valence-electron chi connectivity index (χ0n) is 13.6. The van der Waals surface area contributed by atoms with Crippen LogP contribution < -0.4 is 5.32 Å². The van der Waals surface area contributed by atoms with Gasteiger partial charge in [-0.25, -0.2) is 13.8 Å². The molecule has 2 aromatic carbocycles. The average Bonchev–Trinajstić information content (AvgIpc) is 3.11. The lowest BCUT2D eigenvalue weighted by molar-refractivity contribution is -0.384. The maximum atomic E-state index is 13.6. The molecule has 1 aromatic heterocycles. The molecule has 1 heterocycles. The molecule has 27 heavy (non-hydrogen) atoms. The molecule has 0 aliphatic carbocycles. The Labute approximate surface area is 156 Å². The average molecular weight is 390 g/mol. The van der Waals surface area contributed by atoms with Gasteiger partial charge in [-0.1, -0.05) is 11.8 Å². The number of non-ortho nitro benzene ring substituents is 1. The monoisotopic (exact) mass is 390 g/mol. The minimum atomic E-state index is -0.860. The van der Waals surface area contributed by atoms with Crippen molar-refractivity contribution < 1.29 is 18.5 Å². The molecule has 0 saturated carbocycles. The number of benzene rings is 2.